The second-order valence-corrected chi connectivity index (χ2v) is 6.08. The van der Waals surface area contributed by atoms with E-state index in [-0.39, 0.29) is 0 Å². The number of imidazole rings is 1. The van der Waals surface area contributed by atoms with Gasteiger partial charge < -0.3 is 10.3 Å². The number of aromatic nitrogens is 3. The summed E-state index contributed by atoms with van der Waals surface area (Å²) in [6, 6.07) is 18.9. The number of fused-ring (bicyclic) bond motifs is 1. The van der Waals surface area contributed by atoms with E-state index < -0.39 is 0 Å². The molecule has 0 radical (unpaired) electrons. The lowest BCUT2D eigenvalue weighted by Crippen LogP contribution is -1.98. The van der Waals surface area contributed by atoms with Crippen LogP contribution in [0, 0.1) is 6.92 Å². The zero-order chi connectivity index (χ0) is 17.2. The maximum absolute atomic E-state index is 5.82. The molecule has 4 rings (SSSR count). The van der Waals surface area contributed by atoms with E-state index in [2.05, 4.69) is 69.4 Å². The molecule has 5 heteroatoms. The summed E-state index contributed by atoms with van der Waals surface area (Å²) in [6.45, 7) is 2.74. The number of aryl methyl sites for hydroxylation is 1. The first-order chi connectivity index (χ1) is 12.2. The van der Waals surface area contributed by atoms with Gasteiger partial charge in [-0.25, -0.2) is 9.66 Å². The molecular formula is C20H19N5. The molecule has 124 valence electrons. The van der Waals surface area contributed by atoms with Crippen molar-refractivity contribution in [2.45, 2.75) is 13.5 Å². The molecule has 0 fully saturated rings. The quantitative estimate of drug-likeness (QED) is 0.581. The van der Waals surface area contributed by atoms with Gasteiger partial charge in [-0.05, 0) is 35.6 Å². The Balaban J connectivity index is 1.65. The van der Waals surface area contributed by atoms with E-state index in [0.717, 1.165) is 17.8 Å². The molecule has 0 spiro atoms. The Morgan fingerprint density at radius 2 is 1.96 bits per heavy atom. The maximum atomic E-state index is 5.82. The van der Waals surface area contributed by atoms with E-state index in [1.54, 1.807) is 10.9 Å². The molecule has 2 aromatic heterocycles. The minimum Gasteiger partial charge on any atom is -0.368 e. The summed E-state index contributed by atoms with van der Waals surface area (Å²) in [4.78, 5) is 4.15. The smallest absolute Gasteiger partial charge is 0.221 e. The second-order valence-electron chi connectivity index (χ2n) is 6.08. The van der Waals surface area contributed by atoms with Crippen molar-refractivity contribution in [1.29, 1.82) is 0 Å². The zero-order valence-electron chi connectivity index (χ0n) is 14.0. The highest BCUT2D eigenvalue weighted by atomic mass is 15.4. The summed E-state index contributed by atoms with van der Waals surface area (Å²) >= 11 is 0. The van der Waals surface area contributed by atoms with Crippen LogP contribution >= 0.6 is 0 Å². The molecule has 5 nitrogen and oxygen atoms in total. The standard InChI is InChI=1S/C20H19N5/c1-15-13-25(20(21)23-15)22-12-17-7-8-18-9-10-24(19(18)11-17)14-16-5-3-2-4-6-16/h2-13H,14H2,1H3,(H2,21,23). The van der Waals surface area contributed by atoms with Gasteiger partial charge in [0.05, 0.1) is 18.1 Å². The molecule has 2 N–H and O–H groups in total. The van der Waals surface area contributed by atoms with Crippen molar-refractivity contribution >= 4 is 23.1 Å². The Bertz CT molecular complexity index is 1040. The van der Waals surface area contributed by atoms with Gasteiger partial charge in [-0.1, -0.05) is 42.5 Å². The topological polar surface area (TPSA) is 61.1 Å². The van der Waals surface area contributed by atoms with Crippen molar-refractivity contribution in [2.24, 2.45) is 5.10 Å². The molecule has 0 atom stereocenters. The van der Waals surface area contributed by atoms with Crippen molar-refractivity contribution in [2.75, 3.05) is 5.73 Å². The third-order valence-corrected chi connectivity index (χ3v) is 4.16. The highest BCUT2D eigenvalue weighted by Gasteiger charge is 2.03. The molecule has 4 aromatic rings. The van der Waals surface area contributed by atoms with Crippen molar-refractivity contribution in [3.63, 3.8) is 0 Å². The summed E-state index contributed by atoms with van der Waals surface area (Å²) in [5.41, 5.74) is 10.2. The Labute approximate surface area is 146 Å². The van der Waals surface area contributed by atoms with Gasteiger partial charge in [0.1, 0.15) is 0 Å². The minimum absolute atomic E-state index is 0.391. The van der Waals surface area contributed by atoms with Gasteiger partial charge in [0.2, 0.25) is 5.95 Å². The van der Waals surface area contributed by atoms with E-state index in [9.17, 15) is 0 Å². The lowest BCUT2D eigenvalue weighted by molar-refractivity contribution is 0.837. The number of nitrogen functional groups attached to an aromatic ring is 1. The highest BCUT2D eigenvalue weighted by Crippen LogP contribution is 2.18. The van der Waals surface area contributed by atoms with E-state index in [4.69, 9.17) is 5.73 Å². The molecule has 0 aliphatic rings. The molecule has 0 unspecified atom stereocenters. The van der Waals surface area contributed by atoms with Crippen molar-refractivity contribution in [1.82, 2.24) is 14.2 Å². The third kappa shape index (κ3) is 3.17. The van der Waals surface area contributed by atoms with E-state index in [1.807, 2.05) is 19.2 Å². The van der Waals surface area contributed by atoms with Crippen LogP contribution in [0.4, 0.5) is 5.95 Å². The number of benzene rings is 2. The molecule has 25 heavy (non-hydrogen) atoms. The maximum Gasteiger partial charge on any atom is 0.221 e. The summed E-state index contributed by atoms with van der Waals surface area (Å²) in [6.07, 6.45) is 5.73. The summed E-state index contributed by atoms with van der Waals surface area (Å²) < 4.78 is 3.83. The number of nitrogens with zero attached hydrogens (tertiary/aromatic N) is 4. The molecule has 0 amide bonds. The first-order valence-electron chi connectivity index (χ1n) is 8.18. The number of nitrogens with two attached hydrogens (primary N) is 1. The van der Waals surface area contributed by atoms with Crippen molar-refractivity contribution in [3.05, 3.63) is 83.8 Å². The van der Waals surface area contributed by atoms with Crippen molar-refractivity contribution < 1.29 is 0 Å². The fraction of sp³-hybridized carbons (Fsp3) is 0.100. The van der Waals surface area contributed by atoms with Crippen LogP contribution in [0.2, 0.25) is 0 Å². The van der Waals surface area contributed by atoms with Gasteiger partial charge in [0.25, 0.3) is 0 Å². The van der Waals surface area contributed by atoms with Crippen LogP contribution in [0.25, 0.3) is 10.9 Å². The van der Waals surface area contributed by atoms with E-state index in [0.29, 0.717) is 5.95 Å². The lowest BCUT2D eigenvalue weighted by atomic mass is 10.2. The molecule has 2 heterocycles. The number of anilines is 1. The summed E-state index contributed by atoms with van der Waals surface area (Å²) in [7, 11) is 0. The normalized spacial score (nSPS) is 11.6. The Morgan fingerprint density at radius 1 is 1.12 bits per heavy atom. The number of rotatable bonds is 4. The molecule has 0 aliphatic heterocycles. The highest BCUT2D eigenvalue weighted by molar-refractivity contribution is 5.89. The molecule has 0 saturated heterocycles. The second kappa shape index (κ2) is 6.28. The monoisotopic (exact) mass is 329 g/mol. The summed E-state index contributed by atoms with van der Waals surface area (Å²) in [5, 5.41) is 5.61. The van der Waals surface area contributed by atoms with Crippen LogP contribution in [0.3, 0.4) is 0 Å². The van der Waals surface area contributed by atoms with Crippen LogP contribution < -0.4 is 5.73 Å². The Kier molecular flexibility index (Phi) is 3.82. The third-order valence-electron chi connectivity index (χ3n) is 4.16. The first-order valence-corrected chi connectivity index (χ1v) is 8.18. The average molecular weight is 329 g/mol. The average Bonchev–Trinajstić information content (AvgIpc) is 3.16. The van der Waals surface area contributed by atoms with Gasteiger partial charge in [-0.3, -0.25) is 0 Å². The van der Waals surface area contributed by atoms with Gasteiger partial charge >= 0.3 is 0 Å². The van der Waals surface area contributed by atoms with Crippen LogP contribution in [0.1, 0.15) is 16.8 Å². The Hall–Kier alpha value is -3.34. The molecule has 0 bridgehead atoms. The van der Waals surface area contributed by atoms with Gasteiger partial charge in [-0.2, -0.15) is 5.10 Å². The molecule has 0 aliphatic carbocycles. The predicted molar refractivity (Wildman–Crippen MR) is 102 cm³/mol. The van der Waals surface area contributed by atoms with Crippen LogP contribution in [0.15, 0.2) is 72.1 Å². The largest absolute Gasteiger partial charge is 0.368 e. The fourth-order valence-electron chi connectivity index (χ4n) is 2.92. The first kappa shape index (κ1) is 15.2. The SMILES string of the molecule is Cc1cn(N=Cc2ccc3ccn(Cc4ccccc4)c3c2)c(N)n1. The van der Waals surface area contributed by atoms with E-state index >= 15 is 0 Å². The van der Waals surface area contributed by atoms with Crippen LogP contribution in [-0.2, 0) is 6.54 Å². The predicted octanol–water partition coefficient (Wildman–Crippen LogP) is 3.66. The molecule has 2 aromatic carbocycles. The minimum atomic E-state index is 0.391. The van der Waals surface area contributed by atoms with Gasteiger partial charge in [0.15, 0.2) is 0 Å². The summed E-state index contributed by atoms with van der Waals surface area (Å²) in [5.74, 6) is 0.391. The van der Waals surface area contributed by atoms with Crippen molar-refractivity contribution in [3.8, 4) is 0 Å². The zero-order valence-corrected chi connectivity index (χ0v) is 14.0. The molecule has 0 saturated carbocycles. The van der Waals surface area contributed by atoms with Gasteiger partial charge in [-0.15, -0.1) is 0 Å². The van der Waals surface area contributed by atoms with Crippen LogP contribution in [-0.4, -0.2) is 20.4 Å². The number of hydrogen-bond acceptors (Lipinski definition) is 3. The van der Waals surface area contributed by atoms with Gasteiger partial charge in [0, 0.05) is 18.3 Å². The number of hydrogen-bond donors (Lipinski definition) is 1. The van der Waals surface area contributed by atoms with Crippen LogP contribution in [0.5, 0.6) is 0 Å². The fourth-order valence-corrected chi connectivity index (χ4v) is 2.92. The lowest BCUT2D eigenvalue weighted by Gasteiger charge is -2.06. The van der Waals surface area contributed by atoms with E-state index in [1.165, 1.54) is 16.5 Å². The Morgan fingerprint density at radius 3 is 2.72 bits per heavy atom. The molecular weight excluding hydrogens is 310 g/mol.